The SMILES string of the molecule is Cc1cc(Nc2cc(N(C)c3cccc4[nH]ccc34)c(C(N)=O)cn2)ccc1C(=O)N1CCC1. The highest BCUT2D eigenvalue weighted by molar-refractivity contribution is 6.02. The highest BCUT2D eigenvalue weighted by Crippen LogP contribution is 2.34. The van der Waals surface area contributed by atoms with E-state index in [0.29, 0.717) is 22.6 Å². The lowest BCUT2D eigenvalue weighted by molar-refractivity contribution is 0.0651. The van der Waals surface area contributed by atoms with Crippen molar-refractivity contribution in [3.63, 3.8) is 0 Å². The zero-order valence-electron chi connectivity index (χ0n) is 19.1. The molecule has 4 N–H and O–H groups in total. The van der Waals surface area contributed by atoms with Crippen LogP contribution in [0, 0.1) is 6.92 Å². The lowest BCUT2D eigenvalue weighted by atomic mass is 10.0. The Labute approximate surface area is 197 Å². The van der Waals surface area contributed by atoms with Crippen LogP contribution in [0.1, 0.15) is 32.7 Å². The summed E-state index contributed by atoms with van der Waals surface area (Å²) in [6.07, 6.45) is 4.43. The Kier molecular flexibility index (Phi) is 5.41. The van der Waals surface area contributed by atoms with E-state index < -0.39 is 5.91 Å². The fraction of sp³-hybridized carbons (Fsp3) is 0.192. The standard InChI is InChI=1S/C26H26N6O2/c1-16-13-17(7-8-18(16)26(34)32-11-4-12-32)30-24-14-23(20(15-29-24)25(27)33)31(2)22-6-3-5-21-19(22)9-10-28-21/h3,5-10,13-15,28H,4,11-12H2,1-2H3,(H2,27,33)(H,29,30). The number of aryl methyl sites for hydroxylation is 1. The second-order valence-corrected chi connectivity index (χ2v) is 8.53. The van der Waals surface area contributed by atoms with Crippen molar-refractivity contribution < 1.29 is 9.59 Å². The minimum atomic E-state index is -0.549. The molecule has 1 aliphatic heterocycles. The number of hydrogen-bond acceptors (Lipinski definition) is 5. The highest BCUT2D eigenvalue weighted by Gasteiger charge is 2.23. The van der Waals surface area contributed by atoms with Crippen molar-refractivity contribution in [2.75, 3.05) is 30.4 Å². The molecule has 0 radical (unpaired) electrons. The fourth-order valence-electron chi connectivity index (χ4n) is 4.29. The monoisotopic (exact) mass is 454 g/mol. The second-order valence-electron chi connectivity index (χ2n) is 8.53. The molecule has 1 saturated heterocycles. The number of carbonyl (C=O) groups excluding carboxylic acids is 2. The summed E-state index contributed by atoms with van der Waals surface area (Å²) in [7, 11) is 1.90. The second kappa shape index (κ2) is 8.55. The van der Waals surface area contributed by atoms with Gasteiger partial charge in [-0.3, -0.25) is 9.59 Å². The molecule has 0 bridgehead atoms. The molecule has 0 unspecified atom stereocenters. The first-order valence-corrected chi connectivity index (χ1v) is 11.2. The van der Waals surface area contributed by atoms with Crippen molar-refractivity contribution in [1.82, 2.24) is 14.9 Å². The van der Waals surface area contributed by atoms with Gasteiger partial charge in [0.2, 0.25) is 0 Å². The Balaban J connectivity index is 1.46. The van der Waals surface area contributed by atoms with Gasteiger partial charge in [0.25, 0.3) is 11.8 Å². The third-order valence-electron chi connectivity index (χ3n) is 6.31. The third-order valence-corrected chi connectivity index (χ3v) is 6.31. The average molecular weight is 455 g/mol. The number of anilines is 4. The van der Waals surface area contributed by atoms with E-state index in [0.717, 1.165) is 47.4 Å². The Morgan fingerprint density at radius 1 is 1.09 bits per heavy atom. The van der Waals surface area contributed by atoms with Gasteiger partial charge in [0.1, 0.15) is 5.82 Å². The van der Waals surface area contributed by atoms with E-state index in [1.807, 2.05) is 72.4 Å². The Bertz CT molecular complexity index is 1410. The molecule has 2 amide bonds. The lowest BCUT2D eigenvalue weighted by Crippen LogP contribution is -2.42. The molecular formula is C26H26N6O2. The smallest absolute Gasteiger partial charge is 0.254 e. The van der Waals surface area contributed by atoms with Gasteiger partial charge in [0.15, 0.2) is 0 Å². The van der Waals surface area contributed by atoms with E-state index >= 15 is 0 Å². The highest BCUT2D eigenvalue weighted by atomic mass is 16.2. The predicted molar refractivity (Wildman–Crippen MR) is 134 cm³/mol. The molecule has 0 saturated carbocycles. The van der Waals surface area contributed by atoms with Crippen LogP contribution < -0.4 is 16.0 Å². The number of rotatable bonds is 6. The quantitative estimate of drug-likeness (QED) is 0.402. The molecule has 5 rings (SSSR count). The van der Waals surface area contributed by atoms with Crippen LogP contribution in [0.4, 0.5) is 22.9 Å². The molecule has 1 fully saturated rings. The Hall–Kier alpha value is -4.33. The number of benzene rings is 2. The third kappa shape index (κ3) is 3.83. The van der Waals surface area contributed by atoms with Gasteiger partial charge in [-0.15, -0.1) is 0 Å². The molecule has 8 nitrogen and oxygen atoms in total. The van der Waals surface area contributed by atoms with Crippen molar-refractivity contribution in [2.24, 2.45) is 5.73 Å². The van der Waals surface area contributed by atoms with Gasteiger partial charge in [0, 0.05) is 60.8 Å². The molecule has 0 spiro atoms. The molecule has 0 aliphatic carbocycles. The summed E-state index contributed by atoms with van der Waals surface area (Å²) in [4.78, 5) is 36.2. The summed E-state index contributed by atoms with van der Waals surface area (Å²) in [5.41, 5.74) is 11.0. The molecule has 172 valence electrons. The maximum Gasteiger partial charge on any atom is 0.254 e. The van der Waals surface area contributed by atoms with Crippen LogP contribution in [0.3, 0.4) is 0 Å². The van der Waals surface area contributed by atoms with Crippen molar-refractivity contribution in [2.45, 2.75) is 13.3 Å². The van der Waals surface area contributed by atoms with Crippen LogP contribution in [0.15, 0.2) is 60.9 Å². The zero-order valence-corrected chi connectivity index (χ0v) is 19.1. The average Bonchev–Trinajstić information content (AvgIpc) is 3.26. The molecule has 34 heavy (non-hydrogen) atoms. The van der Waals surface area contributed by atoms with Crippen LogP contribution in [-0.2, 0) is 0 Å². The van der Waals surface area contributed by atoms with Crippen LogP contribution in [0.2, 0.25) is 0 Å². The van der Waals surface area contributed by atoms with Crippen molar-refractivity contribution >= 4 is 45.6 Å². The van der Waals surface area contributed by atoms with Crippen LogP contribution in [0.5, 0.6) is 0 Å². The molecular weight excluding hydrogens is 428 g/mol. The van der Waals surface area contributed by atoms with Crippen molar-refractivity contribution in [3.05, 3.63) is 77.6 Å². The topological polar surface area (TPSA) is 107 Å². The van der Waals surface area contributed by atoms with Gasteiger partial charge < -0.3 is 25.8 Å². The maximum absolute atomic E-state index is 12.6. The summed E-state index contributed by atoms with van der Waals surface area (Å²) >= 11 is 0. The van der Waals surface area contributed by atoms with Gasteiger partial charge in [-0.1, -0.05) is 6.07 Å². The van der Waals surface area contributed by atoms with E-state index in [9.17, 15) is 9.59 Å². The summed E-state index contributed by atoms with van der Waals surface area (Å²) in [5.74, 6) is 0.0863. The number of nitrogens with one attached hydrogen (secondary N) is 2. The van der Waals surface area contributed by atoms with Crippen molar-refractivity contribution in [3.8, 4) is 0 Å². The molecule has 4 aromatic rings. The summed E-state index contributed by atoms with van der Waals surface area (Å²) in [6, 6.07) is 15.4. The number of likely N-dealkylation sites (tertiary alicyclic amines) is 1. The number of pyridine rings is 1. The number of nitrogens with zero attached hydrogens (tertiary/aromatic N) is 3. The largest absolute Gasteiger partial charge is 0.365 e. The van der Waals surface area contributed by atoms with E-state index in [2.05, 4.69) is 15.3 Å². The number of aromatic nitrogens is 2. The van der Waals surface area contributed by atoms with Crippen LogP contribution in [0.25, 0.3) is 10.9 Å². The number of carbonyl (C=O) groups is 2. The number of fused-ring (bicyclic) bond motifs is 1. The molecule has 1 aliphatic rings. The molecule has 8 heteroatoms. The van der Waals surface area contributed by atoms with E-state index in [1.54, 1.807) is 6.07 Å². The number of aromatic amines is 1. The molecule has 2 aromatic carbocycles. The molecule has 0 atom stereocenters. The first-order valence-electron chi connectivity index (χ1n) is 11.2. The van der Waals surface area contributed by atoms with Crippen LogP contribution in [-0.4, -0.2) is 46.8 Å². The fourth-order valence-corrected chi connectivity index (χ4v) is 4.29. The minimum absolute atomic E-state index is 0.0714. The summed E-state index contributed by atoms with van der Waals surface area (Å²) < 4.78 is 0. The molecule has 2 aromatic heterocycles. The van der Waals surface area contributed by atoms with Gasteiger partial charge in [-0.25, -0.2) is 4.98 Å². The molecule has 3 heterocycles. The Morgan fingerprint density at radius 2 is 1.91 bits per heavy atom. The van der Waals surface area contributed by atoms with Gasteiger partial charge in [-0.05, 0) is 55.3 Å². The number of hydrogen-bond donors (Lipinski definition) is 3. The van der Waals surface area contributed by atoms with Gasteiger partial charge >= 0.3 is 0 Å². The zero-order chi connectivity index (χ0) is 23.8. The van der Waals surface area contributed by atoms with Crippen molar-refractivity contribution in [1.29, 1.82) is 0 Å². The summed E-state index contributed by atoms with van der Waals surface area (Å²) in [5, 5.41) is 4.32. The number of nitrogens with two attached hydrogens (primary N) is 1. The Morgan fingerprint density at radius 3 is 2.62 bits per heavy atom. The maximum atomic E-state index is 12.6. The first-order chi connectivity index (χ1) is 16.4. The normalized spacial score (nSPS) is 12.9. The van der Waals surface area contributed by atoms with E-state index in [-0.39, 0.29) is 5.91 Å². The number of amides is 2. The number of H-pyrrole nitrogens is 1. The predicted octanol–water partition coefficient (Wildman–Crippen LogP) is 4.33. The minimum Gasteiger partial charge on any atom is -0.365 e. The van der Waals surface area contributed by atoms with Gasteiger partial charge in [0.05, 0.1) is 16.9 Å². The van der Waals surface area contributed by atoms with E-state index in [1.165, 1.54) is 6.20 Å². The van der Waals surface area contributed by atoms with Gasteiger partial charge in [-0.2, -0.15) is 0 Å². The lowest BCUT2D eigenvalue weighted by Gasteiger charge is -2.31. The van der Waals surface area contributed by atoms with E-state index in [4.69, 9.17) is 5.73 Å². The summed E-state index contributed by atoms with van der Waals surface area (Å²) in [6.45, 7) is 3.57. The van der Waals surface area contributed by atoms with Crippen LogP contribution >= 0.6 is 0 Å². The number of primary amides is 1. The first kappa shape index (κ1) is 21.5.